The first-order valence-electron chi connectivity index (χ1n) is 11.7. The summed E-state index contributed by atoms with van der Waals surface area (Å²) in [7, 11) is -3.67. The van der Waals surface area contributed by atoms with Crippen molar-refractivity contribution >= 4 is 27.7 Å². The van der Waals surface area contributed by atoms with Crippen LogP contribution < -0.4 is 4.72 Å². The highest BCUT2D eigenvalue weighted by atomic mass is 32.2. The van der Waals surface area contributed by atoms with Crippen molar-refractivity contribution in [2.45, 2.75) is 44.0 Å². The summed E-state index contributed by atoms with van der Waals surface area (Å²) in [5.74, 6) is 0.129. The first kappa shape index (κ1) is 23.7. The highest BCUT2D eigenvalue weighted by Gasteiger charge is 2.37. The number of hydrogen-bond donors (Lipinski definition) is 1. The third-order valence-corrected chi connectivity index (χ3v) is 8.24. The Bertz CT molecular complexity index is 1030. The van der Waals surface area contributed by atoms with Crippen molar-refractivity contribution in [1.82, 2.24) is 14.5 Å². The topological polar surface area (TPSA) is 108 Å². The van der Waals surface area contributed by atoms with Crippen molar-refractivity contribution in [3.05, 3.63) is 29.8 Å². The minimum absolute atomic E-state index is 0.0602. The number of hydrogen-bond acceptors (Lipinski definition) is 6. The number of carbonyl (C=O) groups is 2. The summed E-state index contributed by atoms with van der Waals surface area (Å²) in [6.45, 7) is 7.35. The van der Waals surface area contributed by atoms with E-state index < -0.39 is 16.1 Å². The van der Waals surface area contributed by atoms with E-state index in [1.54, 1.807) is 23.1 Å². The summed E-state index contributed by atoms with van der Waals surface area (Å²) < 4.78 is 32.8. The Morgan fingerprint density at radius 2 is 1.79 bits per heavy atom. The smallest absolute Gasteiger partial charge is 0.263 e. The van der Waals surface area contributed by atoms with Crippen molar-refractivity contribution in [2.75, 3.05) is 39.4 Å². The lowest BCUT2D eigenvalue weighted by Crippen LogP contribution is -2.50. The fourth-order valence-corrected chi connectivity index (χ4v) is 5.83. The van der Waals surface area contributed by atoms with Crippen molar-refractivity contribution in [3.8, 4) is 0 Å². The number of likely N-dealkylation sites (tertiary alicyclic amines) is 1. The summed E-state index contributed by atoms with van der Waals surface area (Å²) >= 11 is 0. The predicted octanol–water partition coefficient (Wildman–Crippen LogP) is 1.24. The van der Waals surface area contributed by atoms with E-state index in [0.717, 1.165) is 6.42 Å². The Hall–Kier alpha value is -2.46. The molecule has 2 fully saturated rings. The van der Waals surface area contributed by atoms with Gasteiger partial charge in [-0.2, -0.15) is 0 Å². The van der Waals surface area contributed by atoms with Crippen molar-refractivity contribution < 1.29 is 22.7 Å². The van der Waals surface area contributed by atoms with Gasteiger partial charge < -0.3 is 14.5 Å². The molecular formula is C23H32N4O5S. The molecule has 2 saturated heterocycles. The van der Waals surface area contributed by atoms with Crippen LogP contribution in [-0.2, 0) is 24.3 Å². The molecule has 4 rings (SSSR count). The molecule has 10 heteroatoms. The van der Waals surface area contributed by atoms with Crippen LogP contribution in [0, 0.1) is 11.8 Å². The summed E-state index contributed by atoms with van der Waals surface area (Å²) in [5, 5.41) is 0. The lowest BCUT2D eigenvalue weighted by atomic mass is 9.92. The standard InChI is InChI=1S/C23H32N4O5S/c1-3-16(2)20(24-21-18-6-4-5-7-19(18)33(30,31)25-21)23(29)26-10-8-17(9-11-26)22(28)27-12-14-32-15-13-27/h4-7,16-17,20H,3,8-15H2,1-2H3,(H,24,25)/t16-,20-/m0/s1. The van der Waals surface area contributed by atoms with Gasteiger partial charge in [-0.15, -0.1) is 0 Å². The van der Waals surface area contributed by atoms with Gasteiger partial charge in [-0.3, -0.25) is 19.3 Å². The normalized spacial score (nSPS) is 23.6. The number of piperidine rings is 1. The van der Waals surface area contributed by atoms with Gasteiger partial charge in [0.1, 0.15) is 11.9 Å². The SMILES string of the molecule is CC[C@H](C)[C@H](N=C1NS(=O)(=O)c2ccccc21)C(=O)N1CCC(C(=O)N2CCOCC2)CC1. The molecule has 2 amide bonds. The van der Waals surface area contributed by atoms with Crippen LogP contribution in [0.5, 0.6) is 0 Å². The van der Waals surface area contributed by atoms with Gasteiger partial charge in [0.2, 0.25) is 11.8 Å². The Kier molecular flexibility index (Phi) is 7.04. The van der Waals surface area contributed by atoms with Gasteiger partial charge in [0, 0.05) is 37.7 Å². The van der Waals surface area contributed by atoms with E-state index in [2.05, 4.69) is 9.71 Å². The van der Waals surface area contributed by atoms with Crippen LogP contribution in [0.25, 0.3) is 0 Å². The Morgan fingerprint density at radius 3 is 2.45 bits per heavy atom. The molecule has 0 radical (unpaired) electrons. The van der Waals surface area contributed by atoms with E-state index in [9.17, 15) is 18.0 Å². The van der Waals surface area contributed by atoms with Gasteiger partial charge in [-0.25, -0.2) is 8.42 Å². The van der Waals surface area contributed by atoms with Crippen LogP contribution in [0.4, 0.5) is 0 Å². The van der Waals surface area contributed by atoms with Crippen LogP contribution in [0.3, 0.4) is 0 Å². The molecule has 3 aliphatic heterocycles. The number of amides is 2. The number of nitrogens with one attached hydrogen (secondary N) is 1. The van der Waals surface area contributed by atoms with Crippen LogP contribution in [0.1, 0.15) is 38.7 Å². The Labute approximate surface area is 195 Å². The summed E-state index contributed by atoms with van der Waals surface area (Å²) in [5.41, 5.74) is 0.494. The van der Waals surface area contributed by atoms with E-state index in [1.165, 1.54) is 6.07 Å². The number of rotatable bonds is 5. The van der Waals surface area contributed by atoms with Crippen LogP contribution >= 0.6 is 0 Å². The molecule has 180 valence electrons. The predicted molar refractivity (Wildman–Crippen MR) is 123 cm³/mol. The van der Waals surface area contributed by atoms with Gasteiger partial charge in [0.15, 0.2) is 0 Å². The molecule has 0 bridgehead atoms. The van der Waals surface area contributed by atoms with Gasteiger partial charge in [0.25, 0.3) is 10.0 Å². The average Bonchev–Trinajstić information content (AvgIpc) is 3.11. The molecule has 3 heterocycles. The molecule has 1 aromatic rings. The van der Waals surface area contributed by atoms with Gasteiger partial charge in [-0.05, 0) is 30.9 Å². The second-order valence-corrected chi connectivity index (χ2v) is 10.6. The number of amidine groups is 1. The number of morpholine rings is 1. The largest absolute Gasteiger partial charge is 0.378 e. The maximum Gasteiger partial charge on any atom is 0.263 e. The monoisotopic (exact) mass is 476 g/mol. The first-order valence-corrected chi connectivity index (χ1v) is 13.2. The lowest BCUT2D eigenvalue weighted by molar-refractivity contribution is -0.144. The van der Waals surface area contributed by atoms with Gasteiger partial charge in [-0.1, -0.05) is 32.4 Å². The molecule has 9 nitrogen and oxygen atoms in total. The minimum Gasteiger partial charge on any atom is -0.378 e. The highest BCUT2D eigenvalue weighted by molar-refractivity contribution is 7.90. The average molecular weight is 477 g/mol. The molecule has 2 atom stereocenters. The van der Waals surface area contributed by atoms with E-state index in [4.69, 9.17) is 4.74 Å². The number of ether oxygens (including phenoxy) is 1. The van der Waals surface area contributed by atoms with Crippen molar-refractivity contribution in [1.29, 1.82) is 0 Å². The van der Waals surface area contributed by atoms with E-state index in [1.807, 2.05) is 18.7 Å². The molecule has 0 spiro atoms. The van der Waals surface area contributed by atoms with Crippen molar-refractivity contribution in [3.63, 3.8) is 0 Å². The van der Waals surface area contributed by atoms with E-state index >= 15 is 0 Å². The number of nitrogens with zero attached hydrogens (tertiary/aromatic N) is 3. The molecule has 33 heavy (non-hydrogen) atoms. The van der Waals surface area contributed by atoms with Crippen LogP contribution in [-0.4, -0.2) is 81.3 Å². The fraction of sp³-hybridized carbons (Fsp3) is 0.609. The third kappa shape index (κ3) is 4.91. The molecule has 1 N–H and O–H groups in total. The zero-order valence-corrected chi connectivity index (χ0v) is 20.0. The highest BCUT2D eigenvalue weighted by Crippen LogP contribution is 2.26. The molecule has 0 saturated carbocycles. The maximum atomic E-state index is 13.5. The zero-order valence-electron chi connectivity index (χ0n) is 19.2. The van der Waals surface area contributed by atoms with E-state index in [0.29, 0.717) is 57.8 Å². The quantitative estimate of drug-likeness (QED) is 0.688. The Balaban J connectivity index is 1.47. The number of aliphatic imine (C=N–C) groups is 1. The van der Waals surface area contributed by atoms with Crippen LogP contribution in [0.15, 0.2) is 34.2 Å². The molecule has 0 unspecified atom stereocenters. The Morgan fingerprint density at radius 1 is 1.12 bits per heavy atom. The number of sulfonamides is 1. The molecule has 1 aromatic carbocycles. The lowest BCUT2D eigenvalue weighted by Gasteiger charge is -2.37. The van der Waals surface area contributed by atoms with Gasteiger partial charge >= 0.3 is 0 Å². The maximum absolute atomic E-state index is 13.5. The first-order chi connectivity index (χ1) is 15.8. The molecule has 0 aliphatic carbocycles. The second kappa shape index (κ2) is 9.80. The fourth-order valence-electron chi connectivity index (χ4n) is 4.59. The van der Waals surface area contributed by atoms with Crippen LogP contribution in [0.2, 0.25) is 0 Å². The number of carbonyl (C=O) groups excluding carboxylic acids is 2. The van der Waals surface area contributed by atoms with E-state index in [-0.39, 0.29) is 34.4 Å². The number of benzene rings is 1. The molecule has 3 aliphatic rings. The number of fused-ring (bicyclic) bond motifs is 1. The molecule has 0 aromatic heterocycles. The van der Waals surface area contributed by atoms with Crippen molar-refractivity contribution in [2.24, 2.45) is 16.8 Å². The molecular weight excluding hydrogens is 444 g/mol. The summed E-state index contributed by atoms with van der Waals surface area (Å²) in [4.78, 5) is 34.7. The third-order valence-electron chi connectivity index (χ3n) is 6.85. The minimum atomic E-state index is -3.67. The summed E-state index contributed by atoms with van der Waals surface area (Å²) in [6.07, 6.45) is 1.98. The second-order valence-electron chi connectivity index (χ2n) is 8.95. The van der Waals surface area contributed by atoms with Gasteiger partial charge in [0.05, 0.1) is 18.1 Å². The zero-order chi connectivity index (χ0) is 23.6. The summed E-state index contributed by atoms with van der Waals surface area (Å²) in [6, 6.07) is 5.97.